The Balaban J connectivity index is 1.96. The zero-order valence-electron chi connectivity index (χ0n) is 16.4. The van der Waals surface area contributed by atoms with Crippen molar-refractivity contribution in [2.24, 2.45) is 0 Å². The molecule has 1 aliphatic rings. The van der Waals surface area contributed by atoms with Gasteiger partial charge in [0.1, 0.15) is 12.4 Å². The van der Waals surface area contributed by atoms with E-state index < -0.39 is 0 Å². The number of rotatable bonds is 6. The van der Waals surface area contributed by atoms with Crippen molar-refractivity contribution in [2.45, 2.75) is 26.4 Å². The van der Waals surface area contributed by atoms with Crippen molar-refractivity contribution < 1.29 is 9.53 Å². The van der Waals surface area contributed by atoms with Gasteiger partial charge in [0.2, 0.25) is 5.91 Å². The van der Waals surface area contributed by atoms with Gasteiger partial charge >= 0.3 is 0 Å². The number of ether oxygens (including phenoxy) is 1. The van der Waals surface area contributed by atoms with Gasteiger partial charge < -0.3 is 15.0 Å². The fourth-order valence-corrected chi connectivity index (χ4v) is 3.35. The number of hydrogen-bond acceptors (Lipinski definition) is 3. The van der Waals surface area contributed by atoms with Gasteiger partial charge in [-0.05, 0) is 61.3 Å². The fourth-order valence-electron chi connectivity index (χ4n) is 3.35. The van der Waals surface area contributed by atoms with Crippen LogP contribution in [0.4, 0.5) is 0 Å². The molecule has 0 fully saturated rings. The van der Waals surface area contributed by atoms with Gasteiger partial charge in [-0.15, -0.1) is 0 Å². The van der Waals surface area contributed by atoms with Gasteiger partial charge in [-0.1, -0.05) is 36.4 Å². The molecule has 0 bridgehead atoms. The molecule has 1 aliphatic heterocycles. The summed E-state index contributed by atoms with van der Waals surface area (Å²) in [5, 5.41) is 2.87. The minimum atomic E-state index is 0.00583. The Bertz CT molecular complexity index is 840. The molecule has 4 nitrogen and oxygen atoms in total. The van der Waals surface area contributed by atoms with Crippen LogP contribution in [-0.4, -0.2) is 38.0 Å². The van der Waals surface area contributed by atoms with Crippen LogP contribution in [0, 0.1) is 0 Å². The smallest absolute Gasteiger partial charge is 0.216 e. The van der Waals surface area contributed by atoms with Crippen molar-refractivity contribution >= 4 is 11.5 Å². The number of benzene rings is 2. The summed E-state index contributed by atoms with van der Waals surface area (Å²) in [6, 6.07) is 14.8. The topological polar surface area (TPSA) is 41.6 Å². The summed E-state index contributed by atoms with van der Waals surface area (Å²) in [6.45, 7) is 3.78. The number of carbonyl (C=O) groups is 1. The molecule has 0 unspecified atom stereocenters. The van der Waals surface area contributed by atoms with Crippen LogP contribution in [0.1, 0.15) is 35.6 Å². The summed E-state index contributed by atoms with van der Waals surface area (Å²) in [6.07, 6.45) is 4.11. The van der Waals surface area contributed by atoms with Crippen molar-refractivity contribution in [1.29, 1.82) is 0 Å². The molecule has 0 aromatic heterocycles. The van der Waals surface area contributed by atoms with Crippen LogP contribution in [0.3, 0.4) is 0 Å². The number of fused-ring (bicyclic) bond motifs is 2. The predicted molar refractivity (Wildman–Crippen MR) is 110 cm³/mol. The summed E-state index contributed by atoms with van der Waals surface area (Å²) in [4.78, 5) is 13.3. The van der Waals surface area contributed by atoms with Crippen LogP contribution in [0.25, 0.3) is 5.57 Å². The van der Waals surface area contributed by atoms with E-state index in [9.17, 15) is 4.79 Å². The quantitative estimate of drug-likeness (QED) is 0.851. The highest BCUT2D eigenvalue weighted by molar-refractivity contribution is 5.85. The van der Waals surface area contributed by atoms with Crippen LogP contribution in [0.15, 0.2) is 48.5 Å². The van der Waals surface area contributed by atoms with Crippen LogP contribution < -0.4 is 10.1 Å². The lowest BCUT2D eigenvalue weighted by atomic mass is 9.92. The largest absolute Gasteiger partial charge is 0.488 e. The lowest BCUT2D eigenvalue weighted by molar-refractivity contribution is -0.118. The molecule has 1 heterocycles. The van der Waals surface area contributed by atoms with E-state index in [0.29, 0.717) is 13.2 Å². The minimum Gasteiger partial charge on any atom is -0.488 e. The van der Waals surface area contributed by atoms with Crippen LogP contribution >= 0.6 is 0 Å². The molecule has 1 N–H and O–H groups in total. The average Bonchev–Trinajstić information content (AvgIpc) is 2.78. The van der Waals surface area contributed by atoms with Crippen LogP contribution in [-0.2, 0) is 17.8 Å². The van der Waals surface area contributed by atoms with Crippen LogP contribution in [0.2, 0.25) is 0 Å². The molecule has 0 radical (unpaired) electrons. The van der Waals surface area contributed by atoms with Crippen molar-refractivity contribution in [2.75, 3.05) is 27.2 Å². The predicted octanol–water partition coefficient (Wildman–Crippen LogP) is 3.64. The molecule has 142 valence electrons. The highest BCUT2D eigenvalue weighted by Gasteiger charge is 2.19. The molecule has 27 heavy (non-hydrogen) atoms. The summed E-state index contributed by atoms with van der Waals surface area (Å²) < 4.78 is 6.11. The molecule has 3 rings (SSSR count). The Hall–Kier alpha value is -2.59. The third-order valence-electron chi connectivity index (χ3n) is 4.74. The van der Waals surface area contributed by atoms with E-state index in [1.54, 1.807) is 6.92 Å². The minimum absolute atomic E-state index is 0.00583. The number of nitrogens with zero attached hydrogens (tertiary/aromatic N) is 1. The van der Waals surface area contributed by atoms with Gasteiger partial charge in [-0.25, -0.2) is 0 Å². The van der Waals surface area contributed by atoms with Gasteiger partial charge in [-0.2, -0.15) is 0 Å². The molecular formula is C23H28N2O2. The first-order valence-electron chi connectivity index (χ1n) is 9.48. The second-order valence-corrected chi connectivity index (χ2v) is 7.22. The van der Waals surface area contributed by atoms with Crippen molar-refractivity contribution in [1.82, 2.24) is 10.2 Å². The summed E-state index contributed by atoms with van der Waals surface area (Å²) in [7, 11) is 4.19. The number of carbonyl (C=O) groups excluding carboxylic acids is 1. The maximum atomic E-state index is 11.1. The lowest BCUT2D eigenvalue weighted by Crippen LogP contribution is -2.22. The van der Waals surface area contributed by atoms with Gasteiger partial charge in [0.15, 0.2) is 0 Å². The van der Waals surface area contributed by atoms with Crippen molar-refractivity contribution in [3.8, 4) is 5.75 Å². The van der Waals surface area contributed by atoms with Crippen molar-refractivity contribution in [3.63, 3.8) is 0 Å². The summed E-state index contributed by atoms with van der Waals surface area (Å²) in [5.41, 5.74) is 6.03. The molecule has 0 aliphatic carbocycles. The zero-order chi connectivity index (χ0) is 19.2. The number of amides is 1. The summed E-state index contributed by atoms with van der Waals surface area (Å²) in [5.74, 6) is 0.928. The molecular weight excluding hydrogens is 336 g/mol. The lowest BCUT2D eigenvalue weighted by Gasteiger charge is -2.14. The molecule has 0 spiro atoms. The second-order valence-electron chi connectivity index (χ2n) is 7.22. The van der Waals surface area contributed by atoms with E-state index in [4.69, 9.17) is 4.74 Å². The van der Waals surface area contributed by atoms with E-state index in [-0.39, 0.29) is 5.91 Å². The molecule has 0 saturated carbocycles. The first kappa shape index (κ1) is 19.2. The Morgan fingerprint density at radius 2 is 2.00 bits per heavy atom. The van der Waals surface area contributed by atoms with Gasteiger partial charge in [0.25, 0.3) is 0 Å². The summed E-state index contributed by atoms with van der Waals surface area (Å²) >= 11 is 0. The van der Waals surface area contributed by atoms with Gasteiger partial charge in [0, 0.05) is 25.6 Å². The number of nitrogens with one attached hydrogen (secondary N) is 1. The molecule has 0 atom stereocenters. The average molecular weight is 364 g/mol. The maximum absolute atomic E-state index is 11.1. The third kappa shape index (κ3) is 4.98. The molecule has 0 saturated heterocycles. The Kier molecular flexibility index (Phi) is 6.30. The van der Waals surface area contributed by atoms with Crippen molar-refractivity contribution in [3.05, 3.63) is 70.8 Å². The van der Waals surface area contributed by atoms with E-state index in [0.717, 1.165) is 30.7 Å². The molecule has 2 aromatic carbocycles. The van der Waals surface area contributed by atoms with E-state index in [2.05, 4.69) is 72.9 Å². The zero-order valence-corrected chi connectivity index (χ0v) is 16.4. The fraction of sp³-hybridized carbons (Fsp3) is 0.348. The first-order chi connectivity index (χ1) is 13.0. The first-order valence-corrected chi connectivity index (χ1v) is 9.48. The maximum Gasteiger partial charge on any atom is 0.216 e. The molecule has 2 aromatic rings. The molecule has 1 amide bonds. The molecule has 4 heteroatoms. The Morgan fingerprint density at radius 1 is 1.19 bits per heavy atom. The van der Waals surface area contributed by atoms with Crippen LogP contribution in [0.5, 0.6) is 5.75 Å². The van der Waals surface area contributed by atoms with E-state index >= 15 is 0 Å². The SMILES string of the molecule is CC(=O)NCCc1ccc2c(c1)C(=CCCN(C)C)c1ccccc1CO2. The second kappa shape index (κ2) is 8.87. The standard InChI is InChI=1S/C23H28N2O2/c1-17(26)24-13-12-18-10-11-23-22(15-18)21(9-6-14-25(2)3)20-8-5-4-7-19(20)16-27-23/h4-5,7-11,15H,6,12-14,16H2,1-3H3,(H,24,26). The van der Waals surface area contributed by atoms with E-state index in [1.165, 1.54) is 22.3 Å². The monoisotopic (exact) mass is 364 g/mol. The van der Waals surface area contributed by atoms with E-state index in [1.807, 2.05) is 0 Å². The highest BCUT2D eigenvalue weighted by Crippen LogP contribution is 2.37. The Labute approximate surface area is 161 Å². The third-order valence-corrected chi connectivity index (χ3v) is 4.74. The Morgan fingerprint density at radius 3 is 2.78 bits per heavy atom. The highest BCUT2D eigenvalue weighted by atomic mass is 16.5. The normalized spacial score (nSPS) is 14.3. The van der Waals surface area contributed by atoms with Gasteiger partial charge in [0.05, 0.1) is 0 Å². The van der Waals surface area contributed by atoms with Gasteiger partial charge in [-0.3, -0.25) is 4.79 Å². The number of hydrogen-bond donors (Lipinski definition) is 1.